The fourth-order valence-electron chi connectivity index (χ4n) is 1.26. The largest absolute Gasteiger partial charge is 0.434 e. The lowest BCUT2D eigenvalue weighted by molar-refractivity contribution is 0.460. The van der Waals surface area contributed by atoms with Gasteiger partial charge < -0.3 is 4.74 Å². The molecule has 0 N–H and O–H groups in total. The molecule has 0 bridgehead atoms. The molecule has 0 amide bonds. The van der Waals surface area contributed by atoms with Crippen molar-refractivity contribution in [2.75, 3.05) is 0 Å². The molecule has 17 heavy (non-hydrogen) atoms. The number of ether oxygens (including phenoxy) is 1. The summed E-state index contributed by atoms with van der Waals surface area (Å²) in [7, 11) is 0. The molecule has 0 spiro atoms. The van der Waals surface area contributed by atoms with Crippen molar-refractivity contribution in [1.29, 1.82) is 0 Å². The summed E-state index contributed by atoms with van der Waals surface area (Å²) in [4.78, 5) is 7.62. The molecule has 0 unspecified atom stereocenters. The molecule has 0 aliphatic rings. The lowest BCUT2D eigenvalue weighted by Crippen LogP contribution is -1.95. The smallest absolute Gasteiger partial charge is 0.242 e. The van der Waals surface area contributed by atoms with E-state index < -0.39 is 0 Å². The third kappa shape index (κ3) is 3.08. The van der Waals surface area contributed by atoms with Crippen molar-refractivity contribution in [3.63, 3.8) is 0 Å². The molecule has 2 aromatic rings. The lowest BCUT2D eigenvalue weighted by Gasteiger charge is -2.03. The topological polar surface area (TPSA) is 52.8 Å². The summed E-state index contributed by atoms with van der Waals surface area (Å²) in [5.74, 6) is 0.790. The zero-order valence-corrected chi connectivity index (χ0v) is 10.6. The van der Waals surface area contributed by atoms with E-state index in [1.807, 2.05) is 0 Å². The van der Waals surface area contributed by atoms with E-state index >= 15 is 0 Å². The van der Waals surface area contributed by atoms with Gasteiger partial charge in [0.05, 0.1) is 18.6 Å². The van der Waals surface area contributed by atoms with E-state index in [4.69, 9.17) is 27.9 Å². The molecule has 0 aliphatic carbocycles. The first kappa shape index (κ1) is 12.1. The van der Waals surface area contributed by atoms with Crippen molar-refractivity contribution in [3.05, 3.63) is 28.9 Å². The molecule has 0 saturated heterocycles. The highest BCUT2D eigenvalue weighted by Gasteiger charge is 2.08. The van der Waals surface area contributed by atoms with E-state index in [-0.39, 0.29) is 11.2 Å². The Morgan fingerprint density at radius 2 is 2.18 bits per heavy atom. The van der Waals surface area contributed by atoms with Crippen molar-refractivity contribution in [1.82, 2.24) is 19.7 Å². The Labute approximate surface area is 108 Å². The zero-order valence-electron chi connectivity index (χ0n) is 9.10. The monoisotopic (exact) mass is 272 g/mol. The molecular formula is C10H10Cl2N4O. The number of rotatable bonds is 4. The summed E-state index contributed by atoms with van der Waals surface area (Å²) < 4.78 is 7.25. The number of aryl methyl sites for hydroxylation is 1. The summed E-state index contributed by atoms with van der Waals surface area (Å²) in [6, 6.07) is 0. The fraction of sp³-hybridized carbons (Fsp3) is 0.300. The molecule has 0 aliphatic heterocycles. The molecule has 90 valence electrons. The molecule has 2 heterocycles. The van der Waals surface area contributed by atoms with Gasteiger partial charge in [-0.2, -0.15) is 10.1 Å². The maximum Gasteiger partial charge on any atom is 0.242 e. The van der Waals surface area contributed by atoms with Gasteiger partial charge in [0.2, 0.25) is 11.2 Å². The average Bonchev–Trinajstić information content (AvgIpc) is 2.72. The van der Waals surface area contributed by atoms with Crippen LogP contribution in [0.15, 0.2) is 18.6 Å². The standard InChI is InChI=1S/C10H10Cl2N4O/c1-2-3-16-6-7(4-14-16)17-9-8(11)5-13-10(12)15-9/h4-6H,2-3H2,1H3. The Hall–Kier alpha value is -1.33. The van der Waals surface area contributed by atoms with Gasteiger partial charge in [-0.3, -0.25) is 4.68 Å². The van der Waals surface area contributed by atoms with Gasteiger partial charge in [-0.15, -0.1) is 0 Å². The zero-order chi connectivity index (χ0) is 12.3. The maximum absolute atomic E-state index is 5.88. The first-order chi connectivity index (χ1) is 8.19. The minimum atomic E-state index is 0.0883. The van der Waals surface area contributed by atoms with Crippen LogP contribution in [0.3, 0.4) is 0 Å². The van der Waals surface area contributed by atoms with Crippen molar-refractivity contribution in [2.24, 2.45) is 0 Å². The Kier molecular flexibility index (Phi) is 3.81. The van der Waals surface area contributed by atoms with Crippen LogP contribution in [-0.2, 0) is 6.54 Å². The molecule has 2 rings (SSSR count). The molecule has 5 nitrogen and oxygen atoms in total. The highest BCUT2D eigenvalue weighted by molar-refractivity contribution is 6.32. The Morgan fingerprint density at radius 1 is 1.35 bits per heavy atom. The fourth-order valence-corrected chi connectivity index (χ4v) is 1.52. The molecule has 0 saturated carbocycles. The van der Waals surface area contributed by atoms with Gasteiger partial charge in [-0.1, -0.05) is 18.5 Å². The molecular weight excluding hydrogens is 263 g/mol. The second-order valence-electron chi connectivity index (χ2n) is 3.33. The quantitative estimate of drug-likeness (QED) is 0.803. The first-order valence-corrected chi connectivity index (χ1v) is 5.83. The number of aromatic nitrogens is 4. The SMILES string of the molecule is CCCn1cc(Oc2nc(Cl)ncc2Cl)cn1. The molecule has 0 atom stereocenters. The number of hydrogen-bond donors (Lipinski definition) is 0. The van der Waals surface area contributed by atoms with Crippen molar-refractivity contribution in [2.45, 2.75) is 19.9 Å². The highest BCUT2D eigenvalue weighted by Crippen LogP contribution is 2.26. The predicted octanol–water partition coefficient (Wildman–Crippen LogP) is 3.18. The first-order valence-electron chi connectivity index (χ1n) is 5.07. The van der Waals surface area contributed by atoms with E-state index in [2.05, 4.69) is 22.0 Å². The summed E-state index contributed by atoms with van der Waals surface area (Å²) in [5.41, 5.74) is 0. The predicted molar refractivity (Wildman–Crippen MR) is 64.6 cm³/mol. The van der Waals surface area contributed by atoms with Gasteiger partial charge in [0.15, 0.2) is 5.75 Å². The Bertz CT molecular complexity index is 515. The third-order valence-electron chi connectivity index (χ3n) is 1.96. The summed E-state index contributed by atoms with van der Waals surface area (Å²) >= 11 is 11.5. The number of hydrogen-bond acceptors (Lipinski definition) is 4. The van der Waals surface area contributed by atoms with Crippen LogP contribution in [0.5, 0.6) is 11.6 Å². The van der Waals surface area contributed by atoms with Crippen LogP contribution in [0.2, 0.25) is 10.3 Å². The van der Waals surface area contributed by atoms with Crippen LogP contribution < -0.4 is 4.74 Å². The summed E-state index contributed by atoms with van der Waals surface area (Å²) in [6.45, 7) is 2.91. The van der Waals surface area contributed by atoms with Crippen LogP contribution in [-0.4, -0.2) is 19.7 Å². The van der Waals surface area contributed by atoms with Gasteiger partial charge in [-0.25, -0.2) is 4.98 Å². The van der Waals surface area contributed by atoms with Crippen molar-refractivity contribution in [3.8, 4) is 11.6 Å². The van der Waals surface area contributed by atoms with Crippen molar-refractivity contribution < 1.29 is 4.74 Å². The molecule has 2 aromatic heterocycles. The second kappa shape index (κ2) is 5.33. The van der Waals surface area contributed by atoms with Crippen LogP contribution in [0, 0.1) is 0 Å². The third-order valence-corrected chi connectivity index (χ3v) is 2.40. The average molecular weight is 273 g/mol. The van der Waals surface area contributed by atoms with Gasteiger partial charge >= 0.3 is 0 Å². The highest BCUT2D eigenvalue weighted by atomic mass is 35.5. The van der Waals surface area contributed by atoms with Gasteiger partial charge in [-0.05, 0) is 18.0 Å². The molecule has 0 radical (unpaired) electrons. The molecule has 0 fully saturated rings. The van der Waals surface area contributed by atoms with Crippen LogP contribution in [0.4, 0.5) is 0 Å². The van der Waals surface area contributed by atoms with Gasteiger partial charge in [0.1, 0.15) is 5.02 Å². The molecule has 7 heteroatoms. The van der Waals surface area contributed by atoms with E-state index in [1.54, 1.807) is 17.1 Å². The number of nitrogens with zero attached hydrogens (tertiary/aromatic N) is 4. The van der Waals surface area contributed by atoms with E-state index in [1.165, 1.54) is 6.20 Å². The maximum atomic E-state index is 5.88. The normalized spacial score (nSPS) is 10.5. The van der Waals surface area contributed by atoms with E-state index in [9.17, 15) is 0 Å². The van der Waals surface area contributed by atoms with Gasteiger partial charge in [0, 0.05) is 6.54 Å². The summed E-state index contributed by atoms with van der Waals surface area (Å²) in [5, 5.41) is 4.52. The Balaban J connectivity index is 2.16. The Morgan fingerprint density at radius 3 is 2.94 bits per heavy atom. The number of halogens is 2. The second-order valence-corrected chi connectivity index (χ2v) is 4.08. The van der Waals surface area contributed by atoms with Crippen LogP contribution in [0.25, 0.3) is 0 Å². The van der Waals surface area contributed by atoms with Crippen LogP contribution in [0.1, 0.15) is 13.3 Å². The van der Waals surface area contributed by atoms with E-state index in [0.717, 1.165) is 13.0 Å². The van der Waals surface area contributed by atoms with E-state index in [0.29, 0.717) is 10.8 Å². The minimum absolute atomic E-state index is 0.0883. The molecule has 0 aromatic carbocycles. The minimum Gasteiger partial charge on any atom is -0.434 e. The van der Waals surface area contributed by atoms with Crippen LogP contribution >= 0.6 is 23.2 Å². The van der Waals surface area contributed by atoms with Gasteiger partial charge in [0.25, 0.3) is 0 Å². The summed E-state index contributed by atoms with van der Waals surface area (Å²) in [6.07, 6.45) is 5.77. The lowest BCUT2D eigenvalue weighted by atomic mass is 10.5. The van der Waals surface area contributed by atoms with Crippen molar-refractivity contribution >= 4 is 23.2 Å².